The van der Waals surface area contributed by atoms with Gasteiger partial charge >= 0.3 is 0 Å². The summed E-state index contributed by atoms with van der Waals surface area (Å²) < 4.78 is 13.8. The van der Waals surface area contributed by atoms with Crippen LogP contribution in [0.15, 0.2) is 23.1 Å². The Morgan fingerprint density at radius 2 is 2.00 bits per heavy atom. The summed E-state index contributed by atoms with van der Waals surface area (Å²) in [6, 6.07) is 4.96. The molecule has 0 heterocycles. The molecule has 0 saturated carbocycles. The van der Waals surface area contributed by atoms with E-state index in [4.69, 9.17) is 0 Å². The molecule has 1 atom stereocenters. The monoisotopic (exact) mass is 271 g/mol. The van der Waals surface area contributed by atoms with E-state index in [1.807, 2.05) is 0 Å². The van der Waals surface area contributed by atoms with Gasteiger partial charge in [-0.3, -0.25) is 0 Å². The second kappa shape index (κ2) is 7.77. The van der Waals surface area contributed by atoms with Crippen molar-refractivity contribution in [2.24, 2.45) is 0 Å². The zero-order valence-electron chi connectivity index (χ0n) is 11.3. The van der Waals surface area contributed by atoms with E-state index >= 15 is 0 Å². The van der Waals surface area contributed by atoms with E-state index < -0.39 is 6.10 Å². The highest BCUT2D eigenvalue weighted by Crippen LogP contribution is 2.24. The number of benzene rings is 1. The van der Waals surface area contributed by atoms with Crippen LogP contribution in [-0.2, 0) is 0 Å². The Morgan fingerprint density at radius 1 is 1.33 bits per heavy atom. The van der Waals surface area contributed by atoms with Gasteiger partial charge in [-0.05, 0) is 37.7 Å². The Kier molecular flexibility index (Phi) is 6.68. The third kappa shape index (κ3) is 4.59. The van der Waals surface area contributed by atoms with Gasteiger partial charge in [0.1, 0.15) is 5.82 Å². The van der Waals surface area contributed by atoms with E-state index in [2.05, 4.69) is 18.7 Å². The molecule has 0 fully saturated rings. The molecule has 18 heavy (non-hydrogen) atoms. The summed E-state index contributed by atoms with van der Waals surface area (Å²) in [5.41, 5.74) is 0.626. The number of rotatable bonds is 7. The molecular weight excluding hydrogens is 249 g/mol. The van der Waals surface area contributed by atoms with Crippen molar-refractivity contribution in [2.45, 2.75) is 31.8 Å². The molecule has 0 aromatic heterocycles. The van der Waals surface area contributed by atoms with Crippen LogP contribution < -0.4 is 0 Å². The number of thioether (sulfide) groups is 1. The molecule has 0 aliphatic rings. The predicted molar refractivity (Wildman–Crippen MR) is 75.5 cm³/mol. The maximum Gasteiger partial charge on any atom is 0.137 e. The maximum absolute atomic E-state index is 13.8. The SMILES string of the molecule is CCN(CC)CCSc1ccc([C@H](C)O)cc1F. The van der Waals surface area contributed by atoms with Crippen molar-refractivity contribution < 1.29 is 9.50 Å². The molecule has 2 nitrogen and oxygen atoms in total. The van der Waals surface area contributed by atoms with Crippen LogP contribution in [0.2, 0.25) is 0 Å². The summed E-state index contributed by atoms with van der Waals surface area (Å²) in [6.07, 6.45) is -0.616. The molecule has 0 unspecified atom stereocenters. The first-order chi connectivity index (χ1) is 8.58. The summed E-state index contributed by atoms with van der Waals surface area (Å²) in [5.74, 6) is 0.644. The smallest absolute Gasteiger partial charge is 0.137 e. The summed E-state index contributed by atoms with van der Waals surface area (Å²) in [6.45, 7) is 8.93. The molecule has 0 aliphatic carbocycles. The highest BCUT2D eigenvalue weighted by atomic mass is 32.2. The zero-order chi connectivity index (χ0) is 13.5. The van der Waals surface area contributed by atoms with Gasteiger partial charge < -0.3 is 10.0 Å². The molecule has 0 saturated heterocycles. The van der Waals surface area contributed by atoms with Gasteiger partial charge in [-0.1, -0.05) is 19.9 Å². The molecule has 0 amide bonds. The van der Waals surface area contributed by atoms with Crippen LogP contribution in [0.1, 0.15) is 32.4 Å². The highest BCUT2D eigenvalue weighted by Gasteiger charge is 2.08. The zero-order valence-corrected chi connectivity index (χ0v) is 12.1. The van der Waals surface area contributed by atoms with E-state index in [0.29, 0.717) is 10.5 Å². The molecule has 1 aromatic carbocycles. The van der Waals surface area contributed by atoms with Crippen molar-refractivity contribution in [3.63, 3.8) is 0 Å². The molecule has 0 spiro atoms. The molecule has 1 N–H and O–H groups in total. The number of hydrogen-bond acceptors (Lipinski definition) is 3. The second-order valence-electron chi connectivity index (χ2n) is 4.24. The first-order valence-corrected chi connectivity index (χ1v) is 7.39. The van der Waals surface area contributed by atoms with Crippen molar-refractivity contribution in [2.75, 3.05) is 25.4 Å². The van der Waals surface area contributed by atoms with Gasteiger partial charge in [0.05, 0.1) is 6.10 Å². The first kappa shape index (κ1) is 15.5. The minimum Gasteiger partial charge on any atom is -0.389 e. The van der Waals surface area contributed by atoms with Gasteiger partial charge in [-0.2, -0.15) is 0 Å². The van der Waals surface area contributed by atoms with E-state index in [1.54, 1.807) is 19.1 Å². The van der Waals surface area contributed by atoms with Crippen LogP contribution in [0, 0.1) is 5.82 Å². The number of hydrogen-bond donors (Lipinski definition) is 1. The van der Waals surface area contributed by atoms with Gasteiger partial charge in [0.25, 0.3) is 0 Å². The second-order valence-corrected chi connectivity index (χ2v) is 5.38. The lowest BCUT2D eigenvalue weighted by Crippen LogP contribution is -2.25. The minimum atomic E-state index is -0.616. The summed E-state index contributed by atoms with van der Waals surface area (Å²) in [4.78, 5) is 2.97. The first-order valence-electron chi connectivity index (χ1n) is 6.41. The van der Waals surface area contributed by atoms with Gasteiger partial charge in [-0.25, -0.2) is 4.39 Å². The molecule has 0 radical (unpaired) electrons. The Morgan fingerprint density at radius 3 is 2.50 bits per heavy atom. The van der Waals surface area contributed by atoms with Crippen molar-refractivity contribution in [1.82, 2.24) is 4.90 Å². The average Bonchev–Trinajstić information content (AvgIpc) is 2.36. The summed E-state index contributed by atoms with van der Waals surface area (Å²) in [5, 5.41) is 9.37. The third-order valence-electron chi connectivity index (χ3n) is 3.00. The van der Waals surface area contributed by atoms with Crippen molar-refractivity contribution in [3.05, 3.63) is 29.6 Å². The number of aliphatic hydroxyl groups excluding tert-OH is 1. The van der Waals surface area contributed by atoms with Gasteiger partial charge in [0.2, 0.25) is 0 Å². The van der Waals surface area contributed by atoms with Crippen LogP contribution in [-0.4, -0.2) is 35.4 Å². The fraction of sp³-hybridized carbons (Fsp3) is 0.571. The normalized spacial score (nSPS) is 13.0. The average molecular weight is 271 g/mol. The van der Waals surface area contributed by atoms with Crippen LogP contribution in [0.5, 0.6) is 0 Å². The van der Waals surface area contributed by atoms with E-state index in [-0.39, 0.29) is 5.82 Å². The lowest BCUT2D eigenvalue weighted by Gasteiger charge is -2.17. The topological polar surface area (TPSA) is 23.5 Å². The van der Waals surface area contributed by atoms with Crippen molar-refractivity contribution in [3.8, 4) is 0 Å². The third-order valence-corrected chi connectivity index (χ3v) is 4.03. The van der Waals surface area contributed by atoms with Crippen LogP contribution in [0.25, 0.3) is 0 Å². The van der Waals surface area contributed by atoms with Crippen LogP contribution >= 0.6 is 11.8 Å². The minimum absolute atomic E-state index is 0.238. The Labute approximate surface area is 113 Å². The lowest BCUT2D eigenvalue weighted by molar-refractivity contribution is 0.198. The standard InChI is InChI=1S/C14H22FNOS/c1-4-16(5-2)8-9-18-14-7-6-12(11(3)17)10-13(14)15/h6-7,10-11,17H,4-5,8-9H2,1-3H3/t11-/m0/s1. The maximum atomic E-state index is 13.8. The van der Waals surface area contributed by atoms with E-state index in [1.165, 1.54) is 17.8 Å². The van der Waals surface area contributed by atoms with Gasteiger partial charge in [-0.15, -0.1) is 11.8 Å². The Hall–Kier alpha value is -0.580. The number of nitrogens with zero attached hydrogens (tertiary/aromatic N) is 1. The lowest BCUT2D eigenvalue weighted by atomic mass is 10.1. The molecule has 0 aliphatic heterocycles. The summed E-state index contributed by atoms with van der Waals surface area (Å²) in [7, 11) is 0. The fourth-order valence-electron chi connectivity index (χ4n) is 1.72. The fourth-order valence-corrected chi connectivity index (χ4v) is 2.65. The predicted octanol–water partition coefficient (Wildman–Crippen LogP) is 3.31. The highest BCUT2D eigenvalue weighted by molar-refractivity contribution is 7.99. The van der Waals surface area contributed by atoms with Crippen LogP contribution in [0.4, 0.5) is 4.39 Å². The molecule has 0 bridgehead atoms. The number of aliphatic hydroxyl groups is 1. The molecule has 102 valence electrons. The molecule has 4 heteroatoms. The summed E-state index contributed by atoms with van der Waals surface area (Å²) >= 11 is 1.53. The Bertz CT molecular complexity index is 367. The molecule has 1 rings (SSSR count). The van der Waals surface area contributed by atoms with Gasteiger partial charge in [0, 0.05) is 17.2 Å². The van der Waals surface area contributed by atoms with E-state index in [0.717, 1.165) is 25.4 Å². The van der Waals surface area contributed by atoms with Crippen LogP contribution in [0.3, 0.4) is 0 Å². The van der Waals surface area contributed by atoms with Crippen molar-refractivity contribution >= 4 is 11.8 Å². The van der Waals surface area contributed by atoms with Crippen molar-refractivity contribution in [1.29, 1.82) is 0 Å². The largest absolute Gasteiger partial charge is 0.389 e. The Balaban J connectivity index is 2.53. The van der Waals surface area contributed by atoms with E-state index in [9.17, 15) is 9.50 Å². The number of halogens is 1. The molecular formula is C14H22FNOS. The van der Waals surface area contributed by atoms with Gasteiger partial charge in [0.15, 0.2) is 0 Å². The molecule has 1 aromatic rings. The quantitative estimate of drug-likeness (QED) is 0.770.